The zero-order valence-corrected chi connectivity index (χ0v) is 12.1. The summed E-state index contributed by atoms with van der Waals surface area (Å²) in [6.45, 7) is 1.13. The standard InChI is InChI=1S/C9H11Br2ClN2O/c1-15-5-7(12)4-14-9-8(11)2-6(10)3-13-9/h2-3,7H,4-5H2,1H3,(H,13,14). The molecule has 1 aromatic rings. The van der Waals surface area contributed by atoms with Gasteiger partial charge in [0.1, 0.15) is 5.82 Å². The number of pyridine rings is 1. The highest BCUT2D eigenvalue weighted by atomic mass is 79.9. The molecule has 0 fully saturated rings. The number of anilines is 1. The molecular formula is C9H11Br2ClN2O. The summed E-state index contributed by atoms with van der Waals surface area (Å²) >= 11 is 12.7. The number of halogens is 3. The Balaban J connectivity index is 2.50. The van der Waals surface area contributed by atoms with E-state index in [0.29, 0.717) is 13.2 Å². The number of ether oxygens (including phenoxy) is 1. The molecule has 6 heteroatoms. The van der Waals surface area contributed by atoms with Crippen molar-refractivity contribution < 1.29 is 4.74 Å². The predicted octanol–water partition coefficient (Wildman–Crippen LogP) is 3.27. The van der Waals surface area contributed by atoms with Crippen molar-refractivity contribution in [1.29, 1.82) is 0 Å². The summed E-state index contributed by atoms with van der Waals surface area (Å²) in [4.78, 5) is 4.21. The molecule has 0 spiro atoms. The first-order valence-electron chi connectivity index (χ1n) is 4.31. The number of nitrogens with zero attached hydrogens (tertiary/aromatic N) is 1. The monoisotopic (exact) mass is 356 g/mol. The highest BCUT2D eigenvalue weighted by molar-refractivity contribution is 9.11. The summed E-state index contributed by atoms with van der Waals surface area (Å²) < 4.78 is 6.76. The minimum atomic E-state index is -0.0626. The zero-order chi connectivity index (χ0) is 11.3. The van der Waals surface area contributed by atoms with E-state index in [0.717, 1.165) is 14.8 Å². The molecule has 1 atom stereocenters. The van der Waals surface area contributed by atoms with Gasteiger partial charge in [0.25, 0.3) is 0 Å². The molecule has 0 radical (unpaired) electrons. The fraction of sp³-hybridized carbons (Fsp3) is 0.444. The van der Waals surface area contributed by atoms with Gasteiger partial charge in [0.2, 0.25) is 0 Å². The van der Waals surface area contributed by atoms with E-state index in [-0.39, 0.29) is 5.38 Å². The van der Waals surface area contributed by atoms with Crippen molar-refractivity contribution in [2.45, 2.75) is 5.38 Å². The van der Waals surface area contributed by atoms with Crippen molar-refractivity contribution in [3.63, 3.8) is 0 Å². The molecule has 0 aliphatic heterocycles. The maximum Gasteiger partial charge on any atom is 0.140 e. The van der Waals surface area contributed by atoms with Gasteiger partial charge in [-0.25, -0.2) is 4.98 Å². The topological polar surface area (TPSA) is 34.1 Å². The van der Waals surface area contributed by atoms with E-state index < -0.39 is 0 Å². The van der Waals surface area contributed by atoms with Gasteiger partial charge < -0.3 is 10.1 Å². The Hall–Kier alpha value is 0.160. The second-order valence-corrected chi connectivity index (χ2v) is 5.30. The molecule has 0 bridgehead atoms. The van der Waals surface area contributed by atoms with Crippen LogP contribution in [0, 0.1) is 0 Å². The van der Waals surface area contributed by atoms with E-state index in [9.17, 15) is 0 Å². The predicted molar refractivity (Wildman–Crippen MR) is 69.6 cm³/mol. The molecular weight excluding hydrogens is 347 g/mol. The third kappa shape index (κ3) is 4.68. The Morgan fingerprint density at radius 1 is 1.60 bits per heavy atom. The summed E-state index contributed by atoms with van der Waals surface area (Å²) in [5, 5.41) is 3.07. The minimum Gasteiger partial charge on any atom is -0.383 e. The highest BCUT2D eigenvalue weighted by Gasteiger charge is 2.06. The van der Waals surface area contributed by atoms with Crippen molar-refractivity contribution in [1.82, 2.24) is 4.98 Å². The van der Waals surface area contributed by atoms with E-state index in [1.807, 2.05) is 6.07 Å². The van der Waals surface area contributed by atoms with E-state index in [2.05, 4.69) is 42.2 Å². The van der Waals surface area contributed by atoms with Crippen LogP contribution in [0.5, 0.6) is 0 Å². The van der Waals surface area contributed by atoms with E-state index in [1.165, 1.54) is 0 Å². The fourth-order valence-corrected chi connectivity index (χ4v) is 2.32. The van der Waals surface area contributed by atoms with Gasteiger partial charge in [-0.05, 0) is 37.9 Å². The highest BCUT2D eigenvalue weighted by Crippen LogP contribution is 2.23. The van der Waals surface area contributed by atoms with Crippen LogP contribution < -0.4 is 5.32 Å². The van der Waals surface area contributed by atoms with E-state index >= 15 is 0 Å². The molecule has 0 aliphatic rings. The zero-order valence-electron chi connectivity index (χ0n) is 8.14. The lowest BCUT2D eigenvalue weighted by molar-refractivity contribution is 0.200. The second-order valence-electron chi connectivity index (χ2n) is 2.92. The van der Waals surface area contributed by atoms with Crippen molar-refractivity contribution in [3.05, 3.63) is 21.2 Å². The van der Waals surface area contributed by atoms with Gasteiger partial charge in [0, 0.05) is 24.3 Å². The van der Waals surface area contributed by atoms with Crippen molar-refractivity contribution in [2.75, 3.05) is 25.6 Å². The van der Waals surface area contributed by atoms with Crippen LogP contribution in [0.4, 0.5) is 5.82 Å². The summed E-state index contributed by atoms with van der Waals surface area (Å²) in [5.41, 5.74) is 0. The molecule has 1 N–H and O–H groups in total. The molecule has 0 amide bonds. The average molecular weight is 358 g/mol. The molecule has 3 nitrogen and oxygen atoms in total. The largest absolute Gasteiger partial charge is 0.383 e. The summed E-state index contributed by atoms with van der Waals surface area (Å²) in [5.74, 6) is 0.778. The molecule has 0 saturated carbocycles. The molecule has 1 heterocycles. The smallest absolute Gasteiger partial charge is 0.140 e. The molecule has 0 aliphatic carbocycles. The molecule has 15 heavy (non-hydrogen) atoms. The van der Waals surface area contributed by atoms with E-state index in [4.69, 9.17) is 16.3 Å². The Morgan fingerprint density at radius 3 is 2.93 bits per heavy atom. The third-order valence-corrected chi connectivity index (χ3v) is 2.96. The van der Waals surface area contributed by atoms with Crippen LogP contribution in [-0.4, -0.2) is 30.6 Å². The van der Waals surface area contributed by atoms with Gasteiger partial charge in [0.05, 0.1) is 16.5 Å². The number of hydrogen-bond acceptors (Lipinski definition) is 3. The van der Waals surface area contributed by atoms with Gasteiger partial charge in [-0.3, -0.25) is 0 Å². The van der Waals surface area contributed by atoms with Gasteiger partial charge in [-0.1, -0.05) is 0 Å². The lowest BCUT2D eigenvalue weighted by Gasteiger charge is -2.11. The normalized spacial score (nSPS) is 12.5. The molecule has 1 aromatic heterocycles. The Bertz CT molecular complexity index is 325. The van der Waals surface area contributed by atoms with Crippen LogP contribution >= 0.6 is 43.5 Å². The van der Waals surface area contributed by atoms with Crippen LogP contribution in [-0.2, 0) is 4.74 Å². The lowest BCUT2D eigenvalue weighted by Crippen LogP contribution is -2.19. The van der Waals surface area contributed by atoms with E-state index in [1.54, 1.807) is 13.3 Å². The first kappa shape index (κ1) is 13.2. The summed E-state index contributed by atoms with van der Waals surface area (Å²) in [6.07, 6.45) is 1.73. The maximum absolute atomic E-state index is 5.97. The molecule has 1 unspecified atom stereocenters. The number of methoxy groups -OCH3 is 1. The van der Waals surface area contributed by atoms with Gasteiger partial charge in [-0.2, -0.15) is 0 Å². The Labute approximate surface area is 111 Å². The quantitative estimate of drug-likeness (QED) is 0.821. The Morgan fingerprint density at radius 2 is 2.33 bits per heavy atom. The van der Waals surface area contributed by atoms with Crippen molar-refractivity contribution >= 4 is 49.3 Å². The molecule has 0 aromatic carbocycles. The average Bonchev–Trinajstić information content (AvgIpc) is 2.17. The second kappa shape index (κ2) is 6.68. The molecule has 1 rings (SSSR count). The minimum absolute atomic E-state index is 0.0626. The van der Waals surface area contributed by atoms with Crippen LogP contribution in [0.15, 0.2) is 21.2 Å². The maximum atomic E-state index is 5.97. The number of alkyl halides is 1. The lowest BCUT2D eigenvalue weighted by atomic mass is 10.4. The van der Waals surface area contributed by atoms with Crippen molar-refractivity contribution in [3.8, 4) is 0 Å². The number of rotatable bonds is 5. The number of aromatic nitrogens is 1. The van der Waals surface area contributed by atoms with Crippen LogP contribution in [0.25, 0.3) is 0 Å². The Kier molecular flexibility index (Phi) is 5.89. The van der Waals surface area contributed by atoms with Crippen LogP contribution in [0.3, 0.4) is 0 Å². The first-order chi connectivity index (χ1) is 7.13. The van der Waals surface area contributed by atoms with Crippen molar-refractivity contribution in [2.24, 2.45) is 0 Å². The van der Waals surface area contributed by atoms with Crippen LogP contribution in [0.2, 0.25) is 0 Å². The first-order valence-corrected chi connectivity index (χ1v) is 6.33. The number of nitrogens with one attached hydrogen (secondary N) is 1. The SMILES string of the molecule is COCC(Cl)CNc1ncc(Br)cc1Br. The summed E-state index contributed by atoms with van der Waals surface area (Å²) in [7, 11) is 1.63. The summed E-state index contributed by atoms with van der Waals surface area (Å²) in [6, 6.07) is 1.93. The van der Waals surface area contributed by atoms with Gasteiger partial charge >= 0.3 is 0 Å². The van der Waals surface area contributed by atoms with Gasteiger partial charge in [-0.15, -0.1) is 11.6 Å². The molecule has 84 valence electrons. The van der Waals surface area contributed by atoms with Gasteiger partial charge in [0.15, 0.2) is 0 Å². The molecule has 0 saturated heterocycles. The fourth-order valence-electron chi connectivity index (χ4n) is 0.992. The third-order valence-electron chi connectivity index (χ3n) is 1.65. The van der Waals surface area contributed by atoms with Crippen LogP contribution in [0.1, 0.15) is 0 Å². The number of hydrogen-bond donors (Lipinski definition) is 1.